The van der Waals surface area contributed by atoms with E-state index in [9.17, 15) is 0 Å². The van der Waals surface area contributed by atoms with Crippen molar-refractivity contribution in [3.63, 3.8) is 0 Å². The number of hydrogen-bond donors (Lipinski definition) is 0. The highest BCUT2D eigenvalue weighted by Crippen LogP contribution is 2.19. The number of hydrogen-bond acceptors (Lipinski definition) is 0. The highest BCUT2D eigenvalue weighted by molar-refractivity contribution is 7.27. The van der Waals surface area contributed by atoms with E-state index in [0.29, 0.717) is 0 Å². The lowest BCUT2D eigenvalue weighted by Crippen LogP contribution is -2.40. The molecule has 0 fully saturated rings. The first-order chi connectivity index (χ1) is 5.73. The lowest BCUT2D eigenvalue weighted by molar-refractivity contribution is 1.31. The molecule has 0 nitrogen and oxygen atoms in total. The van der Waals surface area contributed by atoms with E-state index in [2.05, 4.69) is 38.1 Å². The van der Waals surface area contributed by atoms with Gasteiger partial charge in [0.15, 0.2) is 7.38 Å². The van der Waals surface area contributed by atoms with Crippen molar-refractivity contribution in [2.45, 2.75) is 25.9 Å². The average Bonchev–Trinajstić information content (AvgIpc) is 2.18. The van der Waals surface area contributed by atoms with Crippen LogP contribution in [0.4, 0.5) is 0 Å². The highest BCUT2D eigenvalue weighted by Gasteiger charge is 2.28. The normalized spacial score (nSPS) is 11.6. The van der Waals surface area contributed by atoms with Crippen molar-refractivity contribution in [1.29, 1.82) is 0 Å². The summed E-state index contributed by atoms with van der Waals surface area (Å²) in [7, 11) is -1.60. The molecule has 1 rings (SSSR count). The molecule has 0 spiro atoms. The Kier molecular flexibility index (Phi) is 3.36. The molecule has 0 aliphatic heterocycles. The summed E-state index contributed by atoms with van der Waals surface area (Å²) in [5.41, 5.74) is 0. The Balaban J connectivity index is 2.95. The minimum Gasteiger partial charge on any atom is -0.161 e. The summed E-state index contributed by atoms with van der Waals surface area (Å²) in [5, 5.41) is 1.37. The van der Waals surface area contributed by atoms with Gasteiger partial charge in [-0.15, -0.1) is 0 Å². The Bertz CT molecular complexity index is 229. The van der Waals surface area contributed by atoms with Crippen molar-refractivity contribution in [3.8, 4) is 0 Å². The molecule has 2 heteroatoms. The van der Waals surface area contributed by atoms with Crippen LogP contribution in [0.3, 0.4) is 0 Å². The summed E-state index contributed by atoms with van der Waals surface area (Å²) in [6, 6.07) is 12.7. The van der Waals surface area contributed by atoms with E-state index in [1.807, 2.05) is 6.07 Å². The Morgan fingerprint density at radius 3 is 2.00 bits per heavy atom. The molecule has 0 N–H and O–H groups in total. The third-order valence-electron chi connectivity index (χ3n) is 2.41. The Morgan fingerprint density at radius 2 is 1.58 bits per heavy atom. The summed E-state index contributed by atoms with van der Waals surface area (Å²) in [5.74, 6) is 0. The molecule has 0 aliphatic carbocycles. The molecule has 66 valence electrons. The molecule has 0 heterocycles. The fourth-order valence-corrected chi connectivity index (χ4v) is 3.88. The van der Waals surface area contributed by atoms with Gasteiger partial charge >= 0.3 is 0 Å². The van der Waals surface area contributed by atoms with Gasteiger partial charge in [0.2, 0.25) is 0 Å². The predicted molar refractivity (Wildman–Crippen MR) is 58.6 cm³/mol. The van der Waals surface area contributed by atoms with Crippen molar-refractivity contribution in [3.05, 3.63) is 30.3 Å². The highest BCUT2D eigenvalue weighted by atomic mass is 35.6. The summed E-state index contributed by atoms with van der Waals surface area (Å²) in [4.78, 5) is 0. The minimum absolute atomic E-state index is 1.12. The van der Waals surface area contributed by atoms with Crippen LogP contribution >= 0.6 is 11.1 Å². The first-order valence-corrected chi connectivity index (χ1v) is 7.90. The smallest absolute Gasteiger partial charge is 0.161 e. The van der Waals surface area contributed by atoms with Crippen LogP contribution in [0.25, 0.3) is 0 Å². The first-order valence-electron chi connectivity index (χ1n) is 4.47. The molecule has 0 bridgehead atoms. The average molecular weight is 199 g/mol. The van der Waals surface area contributed by atoms with Crippen molar-refractivity contribution in [2.75, 3.05) is 0 Å². The summed E-state index contributed by atoms with van der Waals surface area (Å²) < 4.78 is 0. The van der Waals surface area contributed by atoms with Crippen LogP contribution in [0.15, 0.2) is 30.3 Å². The molecular formula is C10H15ClSi. The maximum atomic E-state index is 6.57. The standard InChI is InChI=1S/C10H15ClSi/c1-3-12(11,4-2)10-8-6-5-7-9-10/h5-9H,3-4H2,1-2H3. The maximum Gasteiger partial charge on any atom is 0.186 e. The van der Waals surface area contributed by atoms with Crippen molar-refractivity contribution in [1.82, 2.24) is 0 Å². The first kappa shape index (κ1) is 9.81. The van der Waals surface area contributed by atoms with Gasteiger partial charge in [0.05, 0.1) is 0 Å². The van der Waals surface area contributed by atoms with Crippen LogP contribution in [0.5, 0.6) is 0 Å². The van der Waals surface area contributed by atoms with Crippen LogP contribution in [-0.2, 0) is 0 Å². The van der Waals surface area contributed by atoms with E-state index < -0.39 is 7.38 Å². The summed E-state index contributed by atoms with van der Waals surface area (Å²) in [6.45, 7) is 4.38. The van der Waals surface area contributed by atoms with Crippen molar-refractivity contribution >= 4 is 23.6 Å². The molecule has 0 unspecified atom stereocenters. The lowest BCUT2D eigenvalue weighted by atomic mass is 10.4. The zero-order chi connectivity index (χ0) is 9.03. The zero-order valence-corrected chi connectivity index (χ0v) is 9.43. The van der Waals surface area contributed by atoms with E-state index in [1.165, 1.54) is 5.19 Å². The van der Waals surface area contributed by atoms with Crippen molar-refractivity contribution in [2.24, 2.45) is 0 Å². The van der Waals surface area contributed by atoms with Crippen LogP contribution < -0.4 is 5.19 Å². The minimum atomic E-state index is -1.60. The third kappa shape index (κ3) is 1.90. The second kappa shape index (κ2) is 4.10. The topological polar surface area (TPSA) is 0 Å². The monoisotopic (exact) mass is 198 g/mol. The van der Waals surface area contributed by atoms with Crippen molar-refractivity contribution < 1.29 is 0 Å². The molecule has 0 saturated heterocycles. The number of rotatable bonds is 3. The van der Waals surface area contributed by atoms with Gasteiger partial charge in [0, 0.05) is 0 Å². The van der Waals surface area contributed by atoms with E-state index in [0.717, 1.165) is 12.1 Å². The van der Waals surface area contributed by atoms with Gasteiger partial charge in [-0.25, -0.2) is 0 Å². The van der Waals surface area contributed by atoms with E-state index in [-0.39, 0.29) is 0 Å². The molecule has 0 aromatic heterocycles. The fraction of sp³-hybridized carbons (Fsp3) is 0.400. The Morgan fingerprint density at radius 1 is 1.08 bits per heavy atom. The third-order valence-corrected chi connectivity index (χ3v) is 8.28. The maximum absolute atomic E-state index is 6.57. The van der Waals surface area contributed by atoms with Gasteiger partial charge in [-0.1, -0.05) is 44.2 Å². The molecule has 0 radical (unpaired) electrons. The Labute approximate surface area is 80.3 Å². The van der Waals surface area contributed by atoms with Crippen LogP contribution in [0, 0.1) is 0 Å². The van der Waals surface area contributed by atoms with Crippen LogP contribution in [0.2, 0.25) is 12.1 Å². The molecule has 0 saturated carbocycles. The van der Waals surface area contributed by atoms with Gasteiger partial charge in [-0.05, 0) is 17.3 Å². The molecule has 0 aliphatic rings. The van der Waals surface area contributed by atoms with Gasteiger partial charge < -0.3 is 0 Å². The van der Waals surface area contributed by atoms with E-state index in [4.69, 9.17) is 11.1 Å². The second-order valence-electron chi connectivity index (χ2n) is 3.04. The van der Waals surface area contributed by atoms with Gasteiger partial charge in [-0.3, -0.25) is 0 Å². The zero-order valence-electron chi connectivity index (χ0n) is 7.68. The predicted octanol–water partition coefficient (Wildman–Crippen LogP) is 3.12. The number of halogens is 1. The molecule has 0 amide bonds. The molecule has 0 atom stereocenters. The molecule has 1 aromatic carbocycles. The Hall–Kier alpha value is -0.273. The fourth-order valence-electron chi connectivity index (χ4n) is 1.40. The lowest BCUT2D eigenvalue weighted by Gasteiger charge is -2.20. The van der Waals surface area contributed by atoms with Crippen LogP contribution in [0.1, 0.15) is 13.8 Å². The van der Waals surface area contributed by atoms with E-state index in [1.54, 1.807) is 0 Å². The van der Waals surface area contributed by atoms with Crippen LogP contribution in [-0.4, -0.2) is 7.38 Å². The van der Waals surface area contributed by atoms with Gasteiger partial charge in [-0.2, -0.15) is 11.1 Å². The number of benzene rings is 1. The van der Waals surface area contributed by atoms with Gasteiger partial charge in [0.1, 0.15) is 0 Å². The second-order valence-corrected chi connectivity index (χ2v) is 9.13. The van der Waals surface area contributed by atoms with E-state index >= 15 is 0 Å². The SMILES string of the molecule is CC[Si](Cl)(CC)c1ccccc1. The van der Waals surface area contributed by atoms with Gasteiger partial charge in [0.25, 0.3) is 0 Å². The molecule has 12 heavy (non-hydrogen) atoms. The molecular weight excluding hydrogens is 184 g/mol. The summed E-state index contributed by atoms with van der Waals surface area (Å²) in [6.07, 6.45) is 0. The molecule has 1 aromatic rings. The largest absolute Gasteiger partial charge is 0.186 e. The summed E-state index contributed by atoms with van der Waals surface area (Å²) >= 11 is 6.57. The quantitative estimate of drug-likeness (QED) is 0.517.